The lowest BCUT2D eigenvalue weighted by atomic mass is 9.97. The van der Waals surface area contributed by atoms with Crippen molar-refractivity contribution in [2.24, 2.45) is 0 Å². The van der Waals surface area contributed by atoms with Gasteiger partial charge in [0.25, 0.3) is 0 Å². The van der Waals surface area contributed by atoms with Crippen LogP contribution < -0.4 is 37.2 Å². The minimum absolute atomic E-state index is 0.00897. The van der Waals surface area contributed by atoms with Gasteiger partial charge < -0.3 is 116 Å². The maximum Gasteiger partial charge on any atom is 0.243 e. The van der Waals surface area contributed by atoms with Crippen LogP contribution in [0.4, 0.5) is 0 Å². The molecule has 3 aliphatic heterocycles. The van der Waals surface area contributed by atoms with E-state index in [1.165, 1.54) is 20.8 Å². The summed E-state index contributed by atoms with van der Waals surface area (Å²) in [4.78, 5) is 99.3. The van der Waals surface area contributed by atoms with Crippen molar-refractivity contribution in [2.75, 3.05) is 52.7 Å². The zero-order chi connectivity index (χ0) is 60.0. The molecule has 0 spiro atoms. The fourth-order valence-electron chi connectivity index (χ4n) is 9.19. The number of aliphatic hydroxyl groups is 9. The predicted octanol–water partition coefficient (Wildman–Crippen LogP) is -5.88. The van der Waals surface area contributed by atoms with E-state index in [0.717, 1.165) is 0 Å². The number of ether oxygens (including phenoxy) is 6. The summed E-state index contributed by atoms with van der Waals surface area (Å²) in [6.07, 6.45) is -10.8. The Kier molecular flexibility index (Phi) is 33.4. The van der Waals surface area contributed by atoms with E-state index in [2.05, 4.69) is 37.2 Å². The summed E-state index contributed by atoms with van der Waals surface area (Å²) >= 11 is 0. The fraction of sp³-hybridized carbons (Fsp3) is 0.843. The van der Waals surface area contributed by atoms with Crippen molar-refractivity contribution in [3.63, 3.8) is 0 Å². The minimum Gasteiger partial charge on any atom is -0.394 e. The summed E-state index contributed by atoms with van der Waals surface area (Å²) in [5.41, 5.74) is 0. The van der Waals surface area contributed by atoms with Crippen molar-refractivity contribution in [1.29, 1.82) is 0 Å². The van der Waals surface area contributed by atoms with E-state index < -0.39 is 153 Å². The van der Waals surface area contributed by atoms with Crippen LogP contribution in [-0.2, 0) is 66.8 Å². The number of carbonyl (C=O) groups is 8. The minimum atomic E-state index is -1.50. The SMILES string of the molecule is CC(=O)NC1C(OCCCCC(=O)NCCCCC(C=O)NC(=O)C(CCCCNC(=O)CCCCOC2OC(CO)C(O)C(O)C2NC(C)=O)NC(=O)CCCCOC2OC(CO)C(O)C(O)C2NC(C)=O)OC(CO)C(O)C1O. The molecular weight excluding hydrogens is 1080 g/mol. The Morgan fingerprint density at radius 3 is 1.14 bits per heavy atom. The maximum atomic E-state index is 13.6. The van der Waals surface area contributed by atoms with Gasteiger partial charge in [0, 0.05) is 72.9 Å². The van der Waals surface area contributed by atoms with Crippen LogP contribution in [0.15, 0.2) is 0 Å². The topological polar surface area (TPSA) is 458 Å². The van der Waals surface area contributed by atoms with Gasteiger partial charge in [-0.25, -0.2) is 0 Å². The second kappa shape index (κ2) is 38.3. The van der Waals surface area contributed by atoms with Crippen LogP contribution in [0.1, 0.15) is 117 Å². The molecule has 0 aromatic carbocycles. The lowest BCUT2D eigenvalue weighted by Gasteiger charge is -2.42. The van der Waals surface area contributed by atoms with E-state index in [4.69, 9.17) is 28.4 Å². The van der Waals surface area contributed by atoms with Crippen molar-refractivity contribution < 1.29 is 113 Å². The summed E-state index contributed by atoms with van der Waals surface area (Å²) < 4.78 is 33.7. The standard InChI is InChI=1S/C51H89N7O23/c1-28(63)54-39-45(72)42(69)33(25-60)79-49(39)76-21-11-6-16-36(66)52-19-9-4-14-31(24-59)57-48(75)32(58-38(68)18-8-13-23-78-51-41(56-30(3)65)47(74)44(71)35(27-62)81-51)15-5-10-20-53-37(67)17-7-12-22-77-50-40(55-29(2)64)46(73)43(70)34(26-61)80-50/h24,31-35,39-47,49-51,60-62,69-74H,4-23,25-27H2,1-3H3,(H,52,66)(H,53,67)(H,54,63)(H,55,64)(H,56,65)(H,57,75)(H,58,68). The van der Waals surface area contributed by atoms with Crippen LogP contribution in [0, 0.1) is 0 Å². The van der Waals surface area contributed by atoms with Gasteiger partial charge in [-0.3, -0.25) is 33.6 Å². The first kappa shape index (κ1) is 70.6. The Bertz CT molecular complexity index is 1930. The molecule has 7 amide bonds. The molecule has 466 valence electrons. The second-order valence-corrected chi connectivity index (χ2v) is 20.3. The third kappa shape index (κ3) is 25.0. The van der Waals surface area contributed by atoms with E-state index in [-0.39, 0.29) is 89.7 Å². The Hall–Kier alpha value is -4.64. The van der Waals surface area contributed by atoms with Gasteiger partial charge in [0.05, 0.1) is 25.9 Å². The summed E-state index contributed by atoms with van der Waals surface area (Å²) in [5.74, 6) is -3.13. The largest absolute Gasteiger partial charge is 0.394 e. The van der Waals surface area contributed by atoms with Crippen molar-refractivity contribution in [3.8, 4) is 0 Å². The molecular formula is C51H89N7O23. The summed E-state index contributed by atoms with van der Waals surface area (Å²) in [6, 6.07) is -5.33. The summed E-state index contributed by atoms with van der Waals surface area (Å²) in [7, 11) is 0. The first-order valence-corrected chi connectivity index (χ1v) is 27.8. The highest BCUT2D eigenvalue weighted by atomic mass is 16.7. The van der Waals surface area contributed by atoms with Crippen molar-refractivity contribution in [1.82, 2.24) is 37.2 Å². The average molecular weight is 1170 g/mol. The van der Waals surface area contributed by atoms with Gasteiger partial charge >= 0.3 is 0 Å². The molecule has 30 heteroatoms. The van der Waals surface area contributed by atoms with Crippen molar-refractivity contribution in [2.45, 2.75) is 221 Å². The normalized spacial score (nSPS) is 29.1. The number of hydrogen-bond acceptors (Lipinski definition) is 23. The molecule has 3 heterocycles. The van der Waals surface area contributed by atoms with E-state index >= 15 is 0 Å². The molecule has 0 aliphatic carbocycles. The molecule has 0 radical (unpaired) electrons. The molecule has 3 fully saturated rings. The third-order valence-electron chi connectivity index (χ3n) is 13.6. The molecule has 0 bridgehead atoms. The summed E-state index contributed by atoms with van der Waals surface area (Å²) in [6.45, 7) is 2.50. The second-order valence-electron chi connectivity index (χ2n) is 20.3. The first-order chi connectivity index (χ1) is 38.6. The molecule has 30 nitrogen and oxygen atoms in total. The Morgan fingerprint density at radius 2 is 0.802 bits per heavy atom. The van der Waals surface area contributed by atoms with Crippen LogP contribution in [-0.4, -0.2) is 250 Å². The van der Waals surface area contributed by atoms with Gasteiger partial charge in [0.15, 0.2) is 18.9 Å². The van der Waals surface area contributed by atoms with Crippen LogP contribution in [0.3, 0.4) is 0 Å². The molecule has 17 unspecified atom stereocenters. The number of aldehydes is 1. The zero-order valence-electron chi connectivity index (χ0n) is 46.4. The van der Waals surface area contributed by atoms with E-state index in [0.29, 0.717) is 57.7 Å². The number of amides is 7. The highest BCUT2D eigenvalue weighted by Crippen LogP contribution is 2.25. The predicted molar refractivity (Wildman–Crippen MR) is 279 cm³/mol. The van der Waals surface area contributed by atoms with Crippen molar-refractivity contribution in [3.05, 3.63) is 0 Å². The highest BCUT2D eigenvalue weighted by Gasteiger charge is 2.48. The van der Waals surface area contributed by atoms with E-state index in [1.54, 1.807) is 0 Å². The smallest absolute Gasteiger partial charge is 0.243 e. The number of nitrogens with one attached hydrogen (secondary N) is 7. The Morgan fingerprint density at radius 1 is 0.457 bits per heavy atom. The number of aliphatic hydroxyl groups excluding tert-OH is 9. The van der Waals surface area contributed by atoms with Gasteiger partial charge in [0.1, 0.15) is 85.4 Å². The molecule has 81 heavy (non-hydrogen) atoms. The zero-order valence-corrected chi connectivity index (χ0v) is 46.4. The van der Waals surface area contributed by atoms with Gasteiger partial charge in [-0.15, -0.1) is 0 Å². The molecule has 3 rings (SSSR count). The molecule has 0 saturated carbocycles. The van der Waals surface area contributed by atoms with Crippen LogP contribution >= 0.6 is 0 Å². The average Bonchev–Trinajstić information content (AvgIpc) is 3.51. The maximum absolute atomic E-state index is 13.6. The lowest BCUT2D eigenvalue weighted by Crippen LogP contribution is -2.64. The summed E-state index contributed by atoms with van der Waals surface area (Å²) in [5, 5.41) is 109. The molecule has 0 aromatic heterocycles. The molecule has 17 atom stereocenters. The number of carbonyl (C=O) groups excluding carboxylic acids is 8. The van der Waals surface area contributed by atoms with Gasteiger partial charge in [-0.05, 0) is 77.0 Å². The first-order valence-electron chi connectivity index (χ1n) is 27.8. The van der Waals surface area contributed by atoms with Gasteiger partial charge in [-0.2, -0.15) is 0 Å². The number of unbranched alkanes of at least 4 members (excludes halogenated alkanes) is 5. The van der Waals surface area contributed by atoms with Gasteiger partial charge in [0.2, 0.25) is 41.4 Å². The van der Waals surface area contributed by atoms with Crippen LogP contribution in [0.5, 0.6) is 0 Å². The monoisotopic (exact) mass is 1170 g/mol. The quantitative estimate of drug-likeness (QED) is 0.0202. The fourth-order valence-corrected chi connectivity index (χ4v) is 9.19. The molecule has 3 aliphatic rings. The molecule has 0 aromatic rings. The van der Waals surface area contributed by atoms with Crippen molar-refractivity contribution >= 4 is 47.6 Å². The van der Waals surface area contributed by atoms with E-state index in [1.807, 2.05) is 0 Å². The Labute approximate surface area is 470 Å². The number of hydrogen-bond donors (Lipinski definition) is 16. The lowest BCUT2D eigenvalue weighted by molar-refractivity contribution is -0.270. The Balaban J connectivity index is 1.45. The van der Waals surface area contributed by atoms with Gasteiger partial charge in [-0.1, -0.05) is 0 Å². The van der Waals surface area contributed by atoms with Crippen LogP contribution in [0.2, 0.25) is 0 Å². The molecule has 16 N–H and O–H groups in total. The van der Waals surface area contributed by atoms with E-state index in [9.17, 15) is 84.3 Å². The molecule has 3 saturated heterocycles. The third-order valence-corrected chi connectivity index (χ3v) is 13.6. The number of rotatable bonds is 38. The highest BCUT2D eigenvalue weighted by molar-refractivity contribution is 5.89. The van der Waals surface area contributed by atoms with Crippen LogP contribution in [0.25, 0.3) is 0 Å².